The van der Waals surface area contributed by atoms with Crippen LogP contribution in [0.5, 0.6) is 11.5 Å². The van der Waals surface area contributed by atoms with E-state index in [1.807, 2.05) is 31.2 Å². The zero-order valence-electron chi connectivity index (χ0n) is 18.2. The highest BCUT2D eigenvalue weighted by molar-refractivity contribution is 7.92. The van der Waals surface area contributed by atoms with Crippen molar-refractivity contribution in [2.24, 2.45) is 5.92 Å². The van der Waals surface area contributed by atoms with Gasteiger partial charge in [0.25, 0.3) is 10.0 Å². The Kier molecular flexibility index (Phi) is 5.50. The summed E-state index contributed by atoms with van der Waals surface area (Å²) in [4.78, 5) is 0.219. The molecule has 3 aromatic carbocycles. The number of hydrogen-bond acceptors (Lipinski definition) is 5. The van der Waals surface area contributed by atoms with Gasteiger partial charge >= 0.3 is 0 Å². The molecular weight excluding hydrogens is 436 g/mol. The summed E-state index contributed by atoms with van der Waals surface area (Å²) < 4.78 is 34.3. The molecule has 7 heteroatoms. The molecule has 0 fully saturated rings. The zero-order chi connectivity index (χ0) is 23.0. The van der Waals surface area contributed by atoms with Crippen molar-refractivity contribution in [2.45, 2.75) is 30.2 Å². The second kappa shape index (κ2) is 8.48. The Bertz CT molecular complexity index is 1300. The number of benzene rings is 3. The number of fused-ring (bicyclic) bond motifs is 3. The van der Waals surface area contributed by atoms with Gasteiger partial charge in [-0.2, -0.15) is 0 Å². The van der Waals surface area contributed by atoms with Gasteiger partial charge in [0.2, 0.25) is 0 Å². The minimum absolute atomic E-state index is 0.0527. The Morgan fingerprint density at radius 2 is 1.85 bits per heavy atom. The van der Waals surface area contributed by atoms with Crippen molar-refractivity contribution in [3.8, 4) is 11.5 Å². The van der Waals surface area contributed by atoms with Gasteiger partial charge in [0.05, 0.1) is 17.5 Å². The third-order valence-corrected chi connectivity index (χ3v) is 7.71. The average Bonchev–Trinajstić information content (AvgIpc) is 3.30. The Balaban J connectivity index is 1.44. The smallest absolute Gasteiger partial charge is 0.261 e. The van der Waals surface area contributed by atoms with Gasteiger partial charge in [0.15, 0.2) is 0 Å². The normalized spacial score (nSPS) is 21.1. The molecule has 5 rings (SSSR count). The molecule has 0 saturated heterocycles. The molecule has 3 atom stereocenters. The van der Waals surface area contributed by atoms with Crippen LogP contribution in [0.1, 0.15) is 36.4 Å². The number of hydrogen-bond donors (Lipinski definition) is 3. The number of aromatic hydroxyl groups is 1. The summed E-state index contributed by atoms with van der Waals surface area (Å²) in [6, 6.07) is 19.4. The van der Waals surface area contributed by atoms with Gasteiger partial charge in [0, 0.05) is 22.9 Å². The number of ether oxygens (including phenoxy) is 1. The highest BCUT2D eigenvalue weighted by Gasteiger charge is 2.39. The van der Waals surface area contributed by atoms with Crippen molar-refractivity contribution < 1.29 is 18.3 Å². The third kappa shape index (κ3) is 4.04. The molecule has 0 aromatic heterocycles. The number of nitrogens with one attached hydrogen (secondary N) is 2. The average molecular weight is 463 g/mol. The molecule has 2 aliphatic rings. The first-order valence-corrected chi connectivity index (χ1v) is 12.6. The van der Waals surface area contributed by atoms with Gasteiger partial charge in [-0.1, -0.05) is 30.4 Å². The molecule has 33 heavy (non-hydrogen) atoms. The summed E-state index contributed by atoms with van der Waals surface area (Å²) in [5.74, 6) is 1.23. The molecule has 1 aliphatic carbocycles. The van der Waals surface area contributed by atoms with Crippen molar-refractivity contribution in [3.05, 3.63) is 90.0 Å². The standard InChI is InChI=1S/C26H26N2O4S/c1-2-32-18-12-10-17(11-13-18)28-33(30,31)19-14-15-24-23(16-19)20-7-5-8-21(20)26(27-24)22-6-3-4-9-25(22)29/h3-7,9-16,20-21,26-29H,2,8H2,1H3. The van der Waals surface area contributed by atoms with E-state index >= 15 is 0 Å². The molecule has 0 saturated carbocycles. The Morgan fingerprint density at radius 1 is 1.06 bits per heavy atom. The molecule has 1 heterocycles. The molecule has 3 unspecified atom stereocenters. The predicted octanol–water partition coefficient (Wildman–Crippen LogP) is 5.42. The largest absolute Gasteiger partial charge is 0.508 e. The number of phenols is 1. The van der Waals surface area contributed by atoms with E-state index in [-0.39, 0.29) is 28.5 Å². The molecule has 3 N–H and O–H groups in total. The van der Waals surface area contributed by atoms with Crippen LogP contribution in [0.3, 0.4) is 0 Å². The summed E-state index contributed by atoms with van der Waals surface area (Å²) in [5.41, 5.74) is 3.18. The second-order valence-electron chi connectivity index (χ2n) is 8.35. The van der Waals surface area contributed by atoms with Gasteiger partial charge in [-0.05, 0) is 73.4 Å². The van der Waals surface area contributed by atoms with Crippen molar-refractivity contribution in [1.29, 1.82) is 0 Å². The SMILES string of the molecule is CCOc1ccc(NS(=O)(=O)c2ccc3c(c2)C2C=CCC2C(c2ccccc2O)N3)cc1. The molecule has 0 radical (unpaired) electrons. The lowest BCUT2D eigenvalue weighted by Gasteiger charge is -2.37. The fourth-order valence-corrected chi connectivity index (χ4v) is 5.89. The fourth-order valence-electron chi connectivity index (χ4n) is 4.80. The minimum Gasteiger partial charge on any atom is -0.508 e. The summed E-state index contributed by atoms with van der Waals surface area (Å²) >= 11 is 0. The lowest BCUT2D eigenvalue weighted by atomic mass is 9.77. The molecule has 0 amide bonds. The molecule has 6 nitrogen and oxygen atoms in total. The maximum atomic E-state index is 13.1. The van der Waals surface area contributed by atoms with E-state index in [9.17, 15) is 13.5 Å². The van der Waals surface area contributed by atoms with E-state index in [0.29, 0.717) is 18.0 Å². The van der Waals surface area contributed by atoms with Crippen molar-refractivity contribution in [2.75, 3.05) is 16.6 Å². The van der Waals surface area contributed by atoms with Crippen molar-refractivity contribution in [3.63, 3.8) is 0 Å². The van der Waals surface area contributed by atoms with Crippen LogP contribution in [0, 0.1) is 5.92 Å². The lowest BCUT2D eigenvalue weighted by Crippen LogP contribution is -2.29. The van der Waals surface area contributed by atoms with Crippen LogP contribution in [-0.2, 0) is 10.0 Å². The Labute approximate surface area is 194 Å². The van der Waals surface area contributed by atoms with Gasteiger partial charge in [-0.3, -0.25) is 4.72 Å². The van der Waals surface area contributed by atoms with Crippen LogP contribution in [0.4, 0.5) is 11.4 Å². The van der Waals surface area contributed by atoms with E-state index in [4.69, 9.17) is 4.74 Å². The van der Waals surface area contributed by atoms with E-state index < -0.39 is 10.0 Å². The molecular formula is C26H26N2O4S. The second-order valence-corrected chi connectivity index (χ2v) is 10.0. The number of sulfonamides is 1. The highest BCUT2D eigenvalue weighted by atomic mass is 32.2. The molecule has 0 bridgehead atoms. The molecule has 3 aromatic rings. The zero-order valence-corrected chi connectivity index (χ0v) is 19.0. The number of rotatable bonds is 6. The summed E-state index contributed by atoms with van der Waals surface area (Å²) in [7, 11) is -3.76. The first-order chi connectivity index (χ1) is 16.0. The number of anilines is 2. The van der Waals surface area contributed by atoms with Crippen LogP contribution in [0.2, 0.25) is 0 Å². The number of phenolic OH excluding ortho intramolecular Hbond substituents is 1. The summed E-state index contributed by atoms with van der Waals surface area (Å²) in [6.45, 7) is 2.45. The molecule has 170 valence electrons. The first-order valence-electron chi connectivity index (χ1n) is 11.1. The van der Waals surface area contributed by atoms with E-state index in [1.165, 1.54) is 0 Å². The fraction of sp³-hybridized carbons (Fsp3) is 0.231. The number of allylic oxidation sites excluding steroid dienone is 2. The van der Waals surface area contributed by atoms with Crippen LogP contribution in [0.15, 0.2) is 83.8 Å². The topological polar surface area (TPSA) is 87.7 Å². The van der Waals surface area contributed by atoms with E-state index in [1.54, 1.807) is 42.5 Å². The maximum absolute atomic E-state index is 13.1. The third-order valence-electron chi connectivity index (χ3n) is 6.33. The Morgan fingerprint density at radius 3 is 2.61 bits per heavy atom. The van der Waals surface area contributed by atoms with Crippen LogP contribution in [0.25, 0.3) is 0 Å². The maximum Gasteiger partial charge on any atom is 0.261 e. The van der Waals surface area contributed by atoms with Gasteiger partial charge < -0.3 is 15.2 Å². The minimum atomic E-state index is -3.76. The van der Waals surface area contributed by atoms with Gasteiger partial charge in [-0.25, -0.2) is 8.42 Å². The van der Waals surface area contributed by atoms with Crippen LogP contribution < -0.4 is 14.8 Å². The van der Waals surface area contributed by atoms with Crippen LogP contribution in [-0.4, -0.2) is 20.1 Å². The summed E-state index contributed by atoms with van der Waals surface area (Å²) in [6.07, 6.45) is 5.14. The summed E-state index contributed by atoms with van der Waals surface area (Å²) in [5, 5.41) is 14.0. The van der Waals surface area contributed by atoms with Gasteiger partial charge in [0.1, 0.15) is 11.5 Å². The van der Waals surface area contributed by atoms with Gasteiger partial charge in [-0.15, -0.1) is 0 Å². The Hall–Kier alpha value is -3.45. The van der Waals surface area contributed by atoms with Crippen molar-refractivity contribution in [1.82, 2.24) is 0 Å². The van der Waals surface area contributed by atoms with E-state index in [0.717, 1.165) is 23.2 Å². The highest BCUT2D eigenvalue weighted by Crippen LogP contribution is 2.51. The monoisotopic (exact) mass is 462 g/mol. The van der Waals surface area contributed by atoms with Crippen LogP contribution >= 0.6 is 0 Å². The number of para-hydroxylation sites is 1. The van der Waals surface area contributed by atoms with Crippen molar-refractivity contribution >= 4 is 21.4 Å². The quantitative estimate of drug-likeness (QED) is 0.426. The molecule has 1 aliphatic heterocycles. The first kappa shape index (κ1) is 21.4. The van der Waals surface area contributed by atoms with E-state index in [2.05, 4.69) is 22.2 Å². The molecule has 0 spiro atoms. The lowest BCUT2D eigenvalue weighted by molar-refractivity contribution is 0.340. The predicted molar refractivity (Wildman–Crippen MR) is 129 cm³/mol.